The van der Waals surface area contributed by atoms with Crippen LogP contribution in [-0.2, 0) is 0 Å². The fraction of sp³-hybridized carbons (Fsp3) is 0.200. The minimum Gasteiger partial charge on any atom is -0.335 e. The average Bonchev–Trinajstić information content (AvgIpc) is 2.45. The molecule has 1 amide bonds. The highest BCUT2D eigenvalue weighted by Crippen LogP contribution is 2.23. The molecule has 1 aromatic carbocycles. The van der Waals surface area contributed by atoms with Crippen LogP contribution in [0.4, 0.5) is 0 Å². The third-order valence-corrected chi connectivity index (χ3v) is 3.49. The minimum atomic E-state index is -0.292. The van der Waals surface area contributed by atoms with Crippen molar-refractivity contribution in [2.24, 2.45) is 0 Å². The number of H-pyrrole nitrogens is 1. The molecule has 4 nitrogen and oxygen atoms in total. The lowest BCUT2D eigenvalue weighted by Crippen LogP contribution is -2.30. The quantitative estimate of drug-likeness (QED) is 0.945. The van der Waals surface area contributed by atoms with Crippen LogP contribution in [0.3, 0.4) is 0 Å². The topological polar surface area (TPSA) is 53.2 Å². The Kier molecular flexibility index (Phi) is 4.25. The summed E-state index contributed by atoms with van der Waals surface area (Å²) in [6, 6.07) is 10.1. The fourth-order valence-corrected chi connectivity index (χ4v) is 2.15. The maximum absolute atomic E-state index is 12.3. The number of hydrogen-bond donors (Lipinski definition) is 1. The lowest BCUT2D eigenvalue weighted by atomic mass is 10.1. The van der Waals surface area contributed by atoms with Gasteiger partial charge in [0.2, 0.25) is 5.56 Å². The fourth-order valence-electron chi connectivity index (χ4n) is 1.95. The molecule has 1 N–H and O–H groups in total. The molecule has 0 fully saturated rings. The number of amides is 1. The second kappa shape index (κ2) is 5.92. The first-order valence-electron chi connectivity index (χ1n) is 6.20. The van der Waals surface area contributed by atoms with E-state index in [-0.39, 0.29) is 17.5 Å². The molecule has 1 aromatic heterocycles. The molecule has 2 rings (SSSR count). The van der Waals surface area contributed by atoms with Crippen molar-refractivity contribution in [2.45, 2.75) is 13.0 Å². The molecule has 0 aliphatic carbocycles. The first-order valence-corrected chi connectivity index (χ1v) is 6.58. The molecule has 104 valence electrons. The van der Waals surface area contributed by atoms with Crippen molar-refractivity contribution < 1.29 is 4.79 Å². The third-order valence-electron chi connectivity index (χ3n) is 3.25. The number of benzene rings is 1. The number of pyridine rings is 1. The molecule has 1 heterocycles. The van der Waals surface area contributed by atoms with E-state index < -0.39 is 0 Å². The number of carbonyl (C=O) groups excluding carboxylic acids is 1. The summed E-state index contributed by atoms with van der Waals surface area (Å²) in [4.78, 5) is 27.7. The SMILES string of the molecule is CC(c1cccc(Cl)c1)N(C)C(=O)c1cc[nH]c(=O)c1. The number of hydrogen-bond acceptors (Lipinski definition) is 2. The van der Waals surface area contributed by atoms with Crippen molar-refractivity contribution in [2.75, 3.05) is 7.05 Å². The molecule has 0 bridgehead atoms. The number of aromatic amines is 1. The Morgan fingerprint density at radius 3 is 2.70 bits per heavy atom. The van der Waals surface area contributed by atoms with Gasteiger partial charge in [-0.15, -0.1) is 0 Å². The zero-order valence-electron chi connectivity index (χ0n) is 11.3. The van der Waals surface area contributed by atoms with Crippen LogP contribution in [-0.4, -0.2) is 22.8 Å². The molecule has 0 radical (unpaired) electrons. The molecule has 0 aliphatic heterocycles. The van der Waals surface area contributed by atoms with Crippen molar-refractivity contribution in [3.8, 4) is 0 Å². The van der Waals surface area contributed by atoms with E-state index in [2.05, 4.69) is 4.98 Å². The van der Waals surface area contributed by atoms with Crippen LogP contribution < -0.4 is 5.56 Å². The summed E-state index contributed by atoms with van der Waals surface area (Å²) in [5.41, 5.74) is 1.02. The van der Waals surface area contributed by atoms with Crippen LogP contribution in [0.15, 0.2) is 47.4 Å². The van der Waals surface area contributed by atoms with Crippen molar-refractivity contribution in [1.29, 1.82) is 0 Å². The summed E-state index contributed by atoms with van der Waals surface area (Å²) < 4.78 is 0. The minimum absolute atomic E-state index is 0.138. The number of nitrogens with zero attached hydrogens (tertiary/aromatic N) is 1. The molecule has 1 atom stereocenters. The van der Waals surface area contributed by atoms with Crippen LogP contribution >= 0.6 is 11.6 Å². The average molecular weight is 291 g/mol. The largest absolute Gasteiger partial charge is 0.335 e. The Morgan fingerprint density at radius 2 is 2.05 bits per heavy atom. The van der Waals surface area contributed by atoms with E-state index >= 15 is 0 Å². The Hall–Kier alpha value is -2.07. The molecule has 2 aromatic rings. The Bertz CT molecular complexity index is 681. The van der Waals surface area contributed by atoms with Crippen LogP contribution in [0.1, 0.15) is 28.9 Å². The maximum atomic E-state index is 12.3. The summed E-state index contributed by atoms with van der Waals surface area (Å²) in [6.07, 6.45) is 1.47. The van der Waals surface area contributed by atoms with E-state index in [0.29, 0.717) is 10.6 Å². The van der Waals surface area contributed by atoms with Gasteiger partial charge in [-0.25, -0.2) is 0 Å². The van der Waals surface area contributed by atoms with Crippen molar-refractivity contribution in [1.82, 2.24) is 9.88 Å². The van der Waals surface area contributed by atoms with E-state index in [0.717, 1.165) is 5.56 Å². The zero-order chi connectivity index (χ0) is 14.7. The summed E-state index contributed by atoms with van der Waals surface area (Å²) in [6.45, 7) is 1.91. The summed E-state index contributed by atoms with van der Waals surface area (Å²) in [5, 5.41) is 0.631. The second-order valence-corrected chi connectivity index (χ2v) is 5.03. The van der Waals surface area contributed by atoms with E-state index in [1.54, 1.807) is 24.1 Å². The highest BCUT2D eigenvalue weighted by molar-refractivity contribution is 6.30. The van der Waals surface area contributed by atoms with Crippen LogP contribution in [0.5, 0.6) is 0 Å². The van der Waals surface area contributed by atoms with Gasteiger partial charge in [0, 0.05) is 29.9 Å². The molecular weight excluding hydrogens is 276 g/mol. The summed E-state index contributed by atoms with van der Waals surface area (Å²) in [5.74, 6) is -0.205. The lowest BCUT2D eigenvalue weighted by molar-refractivity contribution is 0.0742. The van der Waals surface area contributed by atoms with Gasteiger partial charge in [0.15, 0.2) is 0 Å². The monoisotopic (exact) mass is 290 g/mol. The summed E-state index contributed by atoms with van der Waals surface area (Å²) in [7, 11) is 1.70. The molecule has 0 saturated heterocycles. The molecular formula is C15H15ClN2O2. The van der Waals surface area contributed by atoms with Crippen LogP contribution in [0, 0.1) is 0 Å². The normalized spacial score (nSPS) is 11.9. The van der Waals surface area contributed by atoms with E-state index in [4.69, 9.17) is 11.6 Å². The number of carbonyl (C=O) groups is 1. The molecule has 0 aliphatic rings. The second-order valence-electron chi connectivity index (χ2n) is 4.59. The predicted molar refractivity (Wildman–Crippen MR) is 79.0 cm³/mol. The Balaban J connectivity index is 2.24. The van der Waals surface area contributed by atoms with Gasteiger partial charge >= 0.3 is 0 Å². The number of halogens is 1. The van der Waals surface area contributed by atoms with Crippen LogP contribution in [0.25, 0.3) is 0 Å². The van der Waals surface area contributed by atoms with Crippen molar-refractivity contribution in [3.63, 3.8) is 0 Å². The van der Waals surface area contributed by atoms with Gasteiger partial charge in [-0.3, -0.25) is 9.59 Å². The number of rotatable bonds is 3. The van der Waals surface area contributed by atoms with E-state index in [9.17, 15) is 9.59 Å². The third kappa shape index (κ3) is 3.08. The maximum Gasteiger partial charge on any atom is 0.254 e. The van der Waals surface area contributed by atoms with Crippen molar-refractivity contribution in [3.05, 3.63) is 69.1 Å². The molecule has 1 unspecified atom stereocenters. The van der Waals surface area contributed by atoms with Gasteiger partial charge in [-0.05, 0) is 30.7 Å². The van der Waals surface area contributed by atoms with E-state index in [1.165, 1.54) is 12.3 Å². The molecule has 5 heteroatoms. The first kappa shape index (κ1) is 14.3. The van der Waals surface area contributed by atoms with Gasteiger partial charge in [0.1, 0.15) is 0 Å². The number of nitrogens with one attached hydrogen (secondary N) is 1. The lowest BCUT2D eigenvalue weighted by Gasteiger charge is -2.25. The van der Waals surface area contributed by atoms with Gasteiger partial charge in [0.05, 0.1) is 6.04 Å². The predicted octanol–water partition coefficient (Wildman–Crippen LogP) is 2.86. The zero-order valence-corrected chi connectivity index (χ0v) is 12.0. The van der Waals surface area contributed by atoms with Crippen molar-refractivity contribution >= 4 is 17.5 Å². The Labute approximate surface area is 122 Å². The summed E-state index contributed by atoms with van der Waals surface area (Å²) >= 11 is 5.96. The van der Waals surface area contributed by atoms with E-state index in [1.807, 2.05) is 25.1 Å². The molecule has 0 spiro atoms. The Morgan fingerprint density at radius 1 is 1.30 bits per heavy atom. The van der Waals surface area contributed by atoms with Crippen LogP contribution in [0.2, 0.25) is 5.02 Å². The number of aromatic nitrogens is 1. The highest BCUT2D eigenvalue weighted by atomic mass is 35.5. The van der Waals surface area contributed by atoms with Gasteiger partial charge < -0.3 is 9.88 Å². The van der Waals surface area contributed by atoms with Gasteiger partial charge in [-0.2, -0.15) is 0 Å². The van der Waals surface area contributed by atoms with Gasteiger partial charge in [-0.1, -0.05) is 23.7 Å². The standard InChI is InChI=1S/C15H15ClN2O2/c1-10(11-4-3-5-13(16)8-11)18(2)15(20)12-6-7-17-14(19)9-12/h3-10H,1-2H3,(H,17,19). The smallest absolute Gasteiger partial charge is 0.254 e. The molecule has 20 heavy (non-hydrogen) atoms. The first-order chi connectivity index (χ1) is 9.49. The van der Waals surface area contributed by atoms with Gasteiger partial charge in [0.25, 0.3) is 5.91 Å². The highest BCUT2D eigenvalue weighted by Gasteiger charge is 2.19. The molecule has 0 saturated carbocycles.